The number of fused-ring (bicyclic) bond motifs is 3. The summed E-state index contributed by atoms with van der Waals surface area (Å²) in [6, 6.07) is 16.1. The molecule has 1 fully saturated rings. The molecule has 1 saturated carbocycles. The molecule has 2 nitrogen and oxygen atoms in total. The van der Waals surface area contributed by atoms with Crippen LogP contribution >= 0.6 is 0 Å². The van der Waals surface area contributed by atoms with E-state index >= 15 is 0 Å². The Labute approximate surface area is 209 Å². The van der Waals surface area contributed by atoms with Crippen molar-refractivity contribution < 1.29 is 9.30 Å². The molecule has 0 N–H and O–H groups in total. The second-order valence-electron chi connectivity index (χ2n) is 12.2. The van der Waals surface area contributed by atoms with Gasteiger partial charge < -0.3 is 4.74 Å². The third-order valence-electron chi connectivity index (χ3n) is 8.33. The van der Waals surface area contributed by atoms with Crippen molar-refractivity contribution in [3.8, 4) is 22.8 Å². The number of nitrogens with zero attached hydrogens (tertiary/aromatic N) is 1. The first-order valence-electron chi connectivity index (χ1n) is 13.4. The highest BCUT2D eigenvalue weighted by Gasteiger charge is 2.37. The molecule has 35 heavy (non-hydrogen) atoms. The number of aryl methyl sites for hydroxylation is 2. The average Bonchev–Trinajstić information content (AvgIpc) is 2.81. The maximum Gasteiger partial charge on any atom is 0.257 e. The van der Waals surface area contributed by atoms with Crippen molar-refractivity contribution in [1.82, 2.24) is 0 Å². The van der Waals surface area contributed by atoms with E-state index in [0.717, 1.165) is 17.9 Å². The summed E-state index contributed by atoms with van der Waals surface area (Å²) in [4.78, 5) is 0. The fourth-order valence-corrected chi connectivity index (χ4v) is 6.70. The lowest BCUT2D eigenvalue weighted by atomic mass is 9.80. The Morgan fingerprint density at radius 2 is 1.71 bits per heavy atom. The summed E-state index contributed by atoms with van der Waals surface area (Å²) in [7, 11) is 2.22. The minimum Gasteiger partial charge on any atom is -0.449 e. The molecule has 0 radical (unpaired) electrons. The first-order valence-corrected chi connectivity index (χ1v) is 13.4. The number of hydrogen-bond acceptors (Lipinski definition) is 1. The van der Waals surface area contributed by atoms with Crippen LogP contribution < -0.4 is 9.30 Å². The minimum absolute atomic E-state index is 0.228. The predicted octanol–water partition coefficient (Wildman–Crippen LogP) is 8.84. The van der Waals surface area contributed by atoms with E-state index in [9.17, 15) is 0 Å². The topological polar surface area (TPSA) is 13.1 Å². The van der Waals surface area contributed by atoms with Gasteiger partial charge in [0.05, 0.1) is 10.9 Å². The normalized spacial score (nSPS) is 15.9. The summed E-state index contributed by atoms with van der Waals surface area (Å²) in [5.74, 6) is 2.71. The van der Waals surface area contributed by atoms with E-state index in [1.165, 1.54) is 87.3 Å². The van der Waals surface area contributed by atoms with Crippen molar-refractivity contribution in [2.45, 2.75) is 79.1 Å². The summed E-state index contributed by atoms with van der Waals surface area (Å²) in [6.07, 6.45) is 7.53. The maximum absolute atomic E-state index is 7.05. The summed E-state index contributed by atoms with van der Waals surface area (Å²) in [5.41, 5.74) is 9.67. The van der Waals surface area contributed by atoms with E-state index in [1.54, 1.807) is 0 Å². The molecule has 0 saturated heterocycles. The molecule has 0 spiro atoms. The van der Waals surface area contributed by atoms with E-state index in [0.29, 0.717) is 5.92 Å². The molecule has 0 bridgehead atoms. The van der Waals surface area contributed by atoms with Crippen LogP contribution in [0.5, 0.6) is 11.5 Å². The minimum atomic E-state index is 0.228. The molecular formula is C33H38NO+. The lowest BCUT2D eigenvalue weighted by Crippen LogP contribution is -2.35. The number of hydrogen-bond donors (Lipinski definition) is 0. The van der Waals surface area contributed by atoms with Gasteiger partial charge in [-0.05, 0) is 78.7 Å². The molecule has 4 aromatic rings. The fraction of sp³-hybridized carbons (Fsp3) is 0.424. The summed E-state index contributed by atoms with van der Waals surface area (Å²) >= 11 is 0. The quantitative estimate of drug-likeness (QED) is 0.238. The number of aromatic nitrogens is 1. The van der Waals surface area contributed by atoms with Gasteiger partial charge in [0.1, 0.15) is 12.8 Å². The highest BCUT2D eigenvalue weighted by atomic mass is 16.5. The van der Waals surface area contributed by atoms with E-state index in [4.69, 9.17) is 4.74 Å². The van der Waals surface area contributed by atoms with Gasteiger partial charge in [-0.2, -0.15) is 4.57 Å². The number of benzene rings is 3. The van der Waals surface area contributed by atoms with Crippen LogP contribution in [0.15, 0.2) is 42.5 Å². The molecule has 2 heterocycles. The van der Waals surface area contributed by atoms with Crippen LogP contribution in [-0.4, -0.2) is 0 Å². The number of ether oxygens (including phenoxy) is 1. The van der Waals surface area contributed by atoms with Crippen molar-refractivity contribution in [3.05, 3.63) is 64.7 Å². The van der Waals surface area contributed by atoms with Gasteiger partial charge in [-0.25, -0.2) is 0 Å². The van der Waals surface area contributed by atoms with Crippen molar-refractivity contribution in [2.75, 3.05) is 0 Å². The van der Waals surface area contributed by atoms with E-state index in [-0.39, 0.29) is 5.41 Å². The van der Waals surface area contributed by atoms with Crippen molar-refractivity contribution in [2.24, 2.45) is 12.5 Å². The number of pyridine rings is 1. The lowest BCUT2D eigenvalue weighted by Gasteiger charge is -2.29. The van der Waals surface area contributed by atoms with E-state index in [2.05, 4.69) is 88.7 Å². The van der Waals surface area contributed by atoms with Crippen LogP contribution in [0.2, 0.25) is 0 Å². The first kappa shape index (κ1) is 22.6. The highest BCUT2D eigenvalue weighted by Crippen LogP contribution is 2.53. The smallest absolute Gasteiger partial charge is 0.257 e. The summed E-state index contributed by atoms with van der Waals surface area (Å²) in [5, 5.41) is 3.94. The van der Waals surface area contributed by atoms with Crippen molar-refractivity contribution >= 4 is 21.7 Å². The van der Waals surface area contributed by atoms with Gasteiger partial charge in [-0.15, -0.1) is 0 Å². The van der Waals surface area contributed by atoms with Gasteiger partial charge >= 0.3 is 0 Å². The van der Waals surface area contributed by atoms with Gasteiger partial charge in [-0.3, -0.25) is 0 Å². The maximum atomic E-state index is 7.05. The molecule has 2 aliphatic rings. The van der Waals surface area contributed by atoms with Crippen LogP contribution in [0.3, 0.4) is 0 Å². The van der Waals surface area contributed by atoms with Gasteiger partial charge in [0.2, 0.25) is 11.3 Å². The Morgan fingerprint density at radius 3 is 2.46 bits per heavy atom. The van der Waals surface area contributed by atoms with Crippen molar-refractivity contribution in [3.63, 3.8) is 0 Å². The summed E-state index contributed by atoms with van der Waals surface area (Å²) in [6.45, 7) is 11.5. The van der Waals surface area contributed by atoms with Gasteiger partial charge in [-0.1, -0.05) is 64.3 Å². The predicted molar refractivity (Wildman–Crippen MR) is 147 cm³/mol. The average molecular weight is 465 g/mol. The molecule has 1 aromatic heterocycles. The Morgan fingerprint density at radius 1 is 0.971 bits per heavy atom. The van der Waals surface area contributed by atoms with Crippen LogP contribution in [0.4, 0.5) is 0 Å². The molecule has 180 valence electrons. The van der Waals surface area contributed by atoms with Crippen LogP contribution in [-0.2, 0) is 13.5 Å². The Hall–Kier alpha value is -2.87. The Kier molecular flexibility index (Phi) is 5.22. The first-order chi connectivity index (χ1) is 16.7. The molecule has 2 heteroatoms. The monoisotopic (exact) mass is 464 g/mol. The zero-order chi connectivity index (χ0) is 24.5. The standard InChI is InChI=1S/C33H38NO/c1-20-16-24-17-22(19-33(3,4)5)18-27-30(24)28(21(20)2)31-32(35-27)29(23-12-8-7-9-13-23)25-14-10-11-15-26(25)34(31)6/h10-11,14-18,23H,7-9,12-13,19H2,1-6H3/q+1. The largest absolute Gasteiger partial charge is 0.449 e. The molecule has 1 aliphatic carbocycles. The Bertz CT molecular complexity index is 1480. The molecule has 3 aromatic carbocycles. The van der Waals surface area contributed by atoms with Crippen LogP contribution in [0.25, 0.3) is 32.9 Å². The van der Waals surface area contributed by atoms with Gasteiger partial charge in [0, 0.05) is 17.0 Å². The Balaban J connectivity index is 1.72. The fourth-order valence-electron chi connectivity index (χ4n) is 6.70. The lowest BCUT2D eigenvalue weighted by molar-refractivity contribution is -0.633. The SMILES string of the molecule is Cc1cc2cc(CC(C)(C)C)cc3c2c(c1C)-c1c(c(C2CCCCC2)c2ccccc2[n+]1C)O3. The summed E-state index contributed by atoms with van der Waals surface area (Å²) < 4.78 is 9.45. The number of rotatable bonds is 2. The zero-order valence-corrected chi connectivity index (χ0v) is 22.2. The molecule has 0 atom stereocenters. The third-order valence-corrected chi connectivity index (χ3v) is 8.33. The van der Waals surface area contributed by atoms with Crippen LogP contribution in [0.1, 0.15) is 81.0 Å². The third kappa shape index (κ3) is 3.64. The van der Waals surface area contributed by atoms with E-state index < -0.39 is 0 Å². The molecule has 6 rings (SSSR count). The second kappa shape index (κ2) is 8.08. The zero-order valence-electron chi connectivity index (χ0n) is 22.2. The molecular weight excluding hydrogens is 426 g/mol. The van der Waals surface area contributed by atoms with Crippen LogP contribution in [0, 0.1) is 19.3 Å². The molecule has 0 amide bonds. The van der Waals surface area contributed by atoms with Gasteiger partial charge in [0.25, 0.3) is 5.69 Å². The second-order valence-corrected chi connectivity index (χ2v) is 12.2. The molecule has 0 unspecified atom stereocenters. The highest BCUT2D eigenvalue weighted by molar-refractivity contribution is 6.06. The molecule has 1 aliphatic heterocycles. The van der Waals surface area contributed by atoms with Gasteiger partial charge in [0.15, 0.2) is 0 Å². The number of para-hydroxylation sites is 1. The van der Waals surface area contributed by atoms with E-state index in [1.807, 2.05) is 0 Å². The van der Waals surface area contributed by atoms with Crippen molar-refractivity contribution in [1.29, 1.82) is 0 Å².